The van der Waals surface area contributed by atoms with E-state index in [0.717, 1.165) is 48.4 Å². The number of fused-ring (bicyclic) bond motifs is 1. The fourth-order valence-corrected chi connectivity index (χ4v) is 5.13. The number of nitrogens with zero attached hydrogens (tertiary/aromatic N) is 6. The van der Waals surface area contributed by atoms with E-state index in [2.05, 4.69) is 32.2 Å². The monoisotopic (exact) mass is 491 g/mol. The molecule has 2 amide bonds. The molecule has 0 radical (unpaired) electrons. The molecule has 2 fully saturated rings. The lowest BCUT2D eigenvalue weighted by molar-refractivity contribution is -0.143. The summed E-state index contributed by atoms with van der Waals surface area (Å²) in [4.78, 5) is 39.1. The predicted octanol–water partition coefficient (Wildman–Crippen LogP) is 2.45. The molecular weight excluding hydrogens is 458 g/mol. The Kier molecular flexibility index (Phi) is 6.97. The summed E-state index contributed by atoms with van der Waals surface area (Å²) < 4.78 is 7.14. The van der Waals surface area contributed by atoms with Crippen LogP contribution in [0.2, 0.25) is 0 Å². The third kappa shape index (κ3) is 4.96. The van der Waals surface area contributed by atoms with Gasteiger partial charge in [0.2, 0.25) is 5.91 Å². The van der Waals surface area contributed by atoms with Gasteiger partial charge in [-0.25, -0.2) is 9.50 Å². The van der Waals surface area contributed by atoms with Crippen molar-refractivity contribution in [3.63, 3.8) is 0 Å². The lowest BCUT2D eigenvalue weighted by Crippen LogP contribution is -2.55. The molecule has 0 bridgehead atoms. The number of rotatable bonds is 5. The standard InChI is InChI=1S/C26H33N7O3/c1-17-4-5-21(12-27-17)25(34)30-23-15-33-24(28-16-29-33)22(19(23)3)14-31-8-9-32(18(2)13-31)26(35)20-6-10-36-11-7-20/h4-5,12,15-16,18,20H,6-11,13-14H2,1-3H3,(H,30,34)/t18-/m0/s1. The summed E-state index contributed by atoms with van der Waals surface area (Å²) in [5.41, 5.74) is 4.80. The molecule has 0 unspecified atom stereocenters. The number of carbonyl (C=O) groups is 2. The minimum Gasteiger partial charge on any atom is -0.381 e. The van der Waals surface area contributed by atoms with Gasteiger partial charge in [0.15, 0.2) is 5.65 Å². The van der Waals surface area contributed by atoms with E-state index in [4.69, 9.17) is 4.74 Å². The van der Waals surface area contributed by atoms with Crippen LogP contribution in [0.5, 0.6) is 0 Å². The molecule has 2 saturated heterocycles. The van der Waals surface area contributed by atoms with Crippen LogP contribution in [-0.2, 0) is 16.1 Å². The number of nitrogens with one attached hydrogen (secondary N) is 1. The van der Waals surface area contributed by atoms with E-state index in [0.29, 0.717) is 37.6 Å². The largest absolute Gasteiger partial charge is 0.381 e. The van der Waals surface area contributed by atoms with E-state index in [-0.39, 0.29) is 23.8 Å². The minimum atomic E-state index is -0.218. The van der Waals surface area contributed by atoms with Crippen LogP contribution >= 0.6 is 0 Å². The first kappa shape index (κ1) is 24.3. The van der Waals surface area contributed by atoms with Crippen molar-refractivity contribution in [3.05, 3.63) is 53.2 Å². The van der Waals surface area contributed by atoms with Crippen molar-refractivity contribution >= 4 is 23.1 Å². The maximum Gasteiger partial charge on any atom is 0.257 e. The van der Waals surface area contributed by atoms with Crippen LogP contribution in [-0.4, -0.2) is 80.1 Å². The topological polar surface area (TPSA) is 105 Å². The summed E-state index contributed by atoms with van der Waals surface area (Å²) >= 11 is 0. The molecule has 190 valence electrons. The number of aromatic nitrogens is 4. The van der Waals surface area contributed by atoms with Crippen LogP contribution in [0, 0.1) is 19.8 Å². The Morgan fingerprint density at radius 1 is 1.14 bits per heavy atom. The highest BCUT2D eigenvalue weighted by atomic mass is 16.5. The second kappa shape index (κ2) is 10.3. The average molecular weight is 492 g/mol. The highest BCUT2D eigenvalue weighted by Crippen LogP contribution is 2.26. The summed E-state index contributed by atoms with van der Waals surface area (Å²) in [5.74, 6) is 0.122. The van der Waals surface area contributed by atoms with Crippen molar-refractivity contribution in [1.82, 2.24) is 29.4 Å². The number of hydrogen-bond acceptors (Lipinski definition) is 7. The van der Waals surface area contributed by atoms with Crippen molar-refractivity contribution in [2.24, 2.45) is 5.92 Å². The van der Waals surface area contributed by atoms with Crippen LogP contribution in [0.15, 0.2) is 30.9 Å². The van der Waals surface area contributed by atoms with Gasteiger partial charge in [-0.2, -0.15) is 5.10 Å². The number of pyridine rings is 2. The van der Waals surface area contributed by atoms with Gasteiger partial charge in [0, 0.05) is 68.8 Å². The molecule has 10 nitrogen and oxygen atoms in total. The Morgan fingerprint density at radius 3 is 2.67 bits per heavy atom. The molecule has 0 spiro atoms. The fraction of sp³-hybridized carbons (Fsp3) is 0.500. The van der Waals surface area contributed by atoms with Crippen LogP contribution in [0.25, 0.3) is 5.65 Å². The van der Waals surface area contributed by atoms with E-state index >= 15 is 0 Å². The lowest BCUT2D eigenvalue weighted by atomic mass is 9.97. The number of piperazine rings is 1. The van der Waals surface area contributed by atoms with E-state index in [1.165, 1.54) is 6.33 Å². The summed E-state index contributed by atoms with van der Waals surface area (Å²) in [6.07, 6.45) is 6.53. The zero-order valence-electron chi connectivity index (χ0n) is 21.1. The van der Waals surface area contributed by atoms with Crippen molar-refractivity contribution in [2.45, 2.75) is 46.2 Å². The van der Waals surface area contributed by atoms with Crippen molar-refractivity contribution in [2.75, 3.05) is 38.2 Å². The molecule has 0 aromatic carbocycles. The van der Waals surface area contributed by atoms with Gasteiger partial charge < -0.3 is 15.0 Å². The van der Waals surface area contributed by atoms with Gasteiger partial charge in [0.1, 0.15) is 6.33 Å². The summed E-state index contributed by atoms with van der Waals surface area (Å²) in [5, 5.41) is 7.35. The molecular formula is C26H33N7O3. The fourth-order valence-electron chi connectivity index (χ4n) is 5.13. The highest BCUT2D eigenvalue weighted by molar-refractivity contribution is 6.04. The van der Waals surface area contributed by atoms with Crippen molar-refractivity contribution in [3.8, 4) is 0 Å². The number of ether oxygens (including phenoxy) is 1. The maximum absolute atomic E-state index is 13.1. The second-order valence-electron chi connectivity index (χ2n) is 9.82. The zero-order valence-corrected chi connectivity index (χ0v) is 21.1. The first-order valence-corrected chi connectivity index (χ1v) is 12.6. The van der Waals surface area contributed by atoms with Gasteiger partial charge in [-0.3, -0.25) is 19.5 Å². The first-order chi connectivity index (χ1) is 17.4. The summed E-state index contributed by atoms with van der Waals surface area (Å²) in [6, 6.07) is 3.71. The van der Waals surface area contributed by atoms with E-state index in [9.17, 15) is 9.59 Å². The smallest absolute Gasteiger partial charge is 0.257 e. The molecule has 5 heterocycles. The Morgan fingerprint density at radius 2 is 1.94 bits per heavy atom. The van der Waals surface area contributed by atoms with Gasteiger partial charge in [-0.1, -0.05) is 0 Å². The third-order valence-electron chi connectivity index (χ3n) is 7.32. The second-order valence-corrected chi connectivity index (χ2v) is 9.82. The average Bonchev–Trinajstić information content (AvgIpc) is 3.35. The molecule has 2 aliphatic heterocycles. The Labute approximate surface area is 210 Å². The molecule has 2 aliphatic rings. The third-order valence-corrected chi connectivity index (χ3v) is 7.32. The van der Waals surface area contributed by atoms with Gasteiger partial charge in [0.25, 0.3) is 5.91 Å². The predicted molar refractivity (Wildman–Crippen MR) is 135 cm³/mol. The summed E-state index contributed by atoms with van der Waals surface area (Å²) in [6.45, 7) is 10.3. The lowest BCUT2D eigenvalue weighted by Gasteiger charge is -2.42. The first-order valence-electron chi connectivity index (χ1n) is 12.6. The van der Waals surface area contributed by atoms with Gasteiger partial charge in [-0.05, 0) is 51.3 Å². The maximum atomic E-state index is 13.1. The highest BCUT2D eigenvalue weighted by Gasteiger charge is 2.33. The van der Waals surface area contributed by atoms with Crippen LogP contribution < -0.4 is 5.32 Å². The van der Waals surface area contributed by atoms with Crippen LogP contribution in [0.4, 0.5) is 5.69 Å². The molecule has 36 heavy (non-hydrogen) atoms. The Hall–Kier alpha value is -3.37. The number of aryl methyl sites for hydroxylation is 1. The van der Waals surface area contributed by atoms with E-state index in [1.807, 2.05) is 24.8 Å². The molecule has 1 N–H and O–H groups in total. The molecule has 10 heteroatoms. The number of amides is 2. The van der Waals surface area contributed by atoms with E-state index < -0.39 is 0 Å². The van der Waals surface area contributed by atoms with Crippen LogP contribution in [0.3, 0.4) is 0 Å². The Balaban J connectivity index is 1.32. The van der Waals surface area contributed by atoms with E-state index in [1.54, 1.807) is 23.0 Å². The molecule has 0 saturated carbocycles. The molecule has 3 aromatic rings. The van der Waals surface area contributed by atoms with Gasteiger partial charge >= 0.3 is 0 Å². The zero-order chi connectivity index (χ0) is 25.2. The molecule has 0 aliphatic carbocycles. The van der Waals surface area contributed by atoms with Crippen LogP contribution in [0.1, 0.15) is 46.9 Å². The molecule has 3 aromatic heterocycles. The number of carbonyl (C=O) groups excluding carboxylic acids is 2. The number of anilines is 1. The van der Waals surface area contributed by atoms with Gasteiger partial charge in [-0.15, -0.1) is 0 Å². The molecule has 1 atom stereocenters. The minimum absolute atomic E-state index is 0.0784. The molecule has 5 rings (SSSR count). The van der Waals surface area contributed by atoms with Crippen molar-refractivity contribution < 1.29 is 14.3 Å². The number of hydrogen-bond donors (Lipinski definition) is 1. The normalized spacial score (nSPS) is 19.5. The van der Waals surface area contributed by atoms with Gasteiger partial charge in [0.05, 0.1) is 17.4 Å². The van der Waals surface area contributed by atoms with Crippen molar-refractivity contribution in [1.29, 1.82) is 0 Å². The summed E-state index contributed by atoms with van der Waals surface area (Å²) in [7, 11) is 0. The SMILES string of the molecule is Cc1ccc(C(=O)Nc2cn3ncnc3c(CN3CCN(C(=O)C4CCOCC4)[C@@H](C)C3)c2C)cn1. The quantitative estimate of drug-likeness (QED) is 0.585. The Bertz CT molecular complexity index is 1250.